The number of ether oxygens (including phenoxy) is 1. The number of likely N-dealkylation sites (tertiary alicyclic amines) is 1. The topological polar surface area (TPSA) is 125 Å². The van der Waals surface area contributed by atoms with Gasteiger partial charge in [-0.3, -0.25) is 24.4 Å². The van der Waals surface area contributed by atoms with Crippen molar-refractivity contribution in [2.45, 2.75) is 18.5 Å². The SMILES string of the molecule is CN(c1ccccc1[N+](=O)[O-])[C@H]1CCN(C2COC2)C1.NS(=O)[O-]. The predicted octanol–water partition coefficient (Wildman–Crippen LogP) is 0.243. The minimum Gasteiger partial charge on any atom is -0.760 e. The molecule has 2 fully saturated rings. The molecule has 2 atom stereocenters. The van der Waals surface area contributed by atoms with E-state index in [4.69, 9.17) is 13.5 Å². The zero-order valence-corrected chi connectivity index (χ0v) is 14.2. The Kier molecular flexibility index (Phi) is 6.63. The monoisotopic (exact) mass is 357 g/mol. The second-order valence-corrected chi connectivity index (χ2v) is 6.27. The van der Waals surface area contributed by atoms with Crippen LogP contribution in [-0.2, 0) is 16.0 Å². The summed E-state index contributed by atoms with van der Waals surface area (Å²) >= 11 is -2.36. The Balaban J connectivity index is 0.000000471. The van der Waals surface area contributed by atoms with Crippen LogP contribution in [0.3, 0.4) is 0 Å². The van der Waals surface area contributed by atoms with Gasteiger partial charge in [-0.05, 0) is 12.5 Å². The van der Waals surface area contributed by atoms with E-state index in [1.54, 1.807) is 12.1 Å². The van der Waals surface area contributed by atoms with Crippen LogP contribution in [0, 0.1) is 10.1 Å². The van der Waals surface area contributed by atoms with Crippen molar-refractivity contribution in [3.63, 3.8) is 0 Å². The van der Waals surface area contributed by atoms with Crippen molar-refractivity contribution >= 4 is 22.6 Å². The number of hydrogen-bond donors (Lipinski definition) is 1. The maximum atomic E-state index is 11.1. The van der Waals surface area contributed by atoms with E-state index < -0.39 is 11.3 Å². The molecule has 2 N–H and O–H groups in total. The van der Waals surface area contributed by atoms with Crippen LogP contribution in [-0.4, -0.2) is 64.0 Å². The van der Waals surface area contributed by atoms with Gasteiger partial charge in [0.2, 0.25) is 0 Å². The average Bonchev–Trinajstić information content (AvgIpc) is 2.93. The van der Waals surface area contributed by atoms with Crippen LogP contribution >= 0.6 is 0 Å². The van der Waals surface area contributed by atoms with Gasteiger partial charge in [-0.15, -0.1) is 0 Å². The van der Waals surface area contributed by atoms with E-state index >= 15 is 0 Å². The molecule has 0 amide bonds. The molecule has 0 aliphatic carbocycles. The van der Waals surface area contributed by atoms with Crippen LogP contribution in [0.4, 0.5) is 11.4 Å². The quantitative estimate of drug-likeness (QED) is 0.465. The number of hydrogen-bond acceptors (Lipinski definition) is 7. The van der Waals surface area contributed by atoms with E-state index in [0.717, 1.165) is 32.7 Å². The van der Waals surface area contributed by atoms with Crippen molar-refractivity contribution in [3.8, 4) is 0 Å². The van der Waals surface area contributed by atoms with Gasteiger partial charge in [-0.25, -0.2) is 0 Å². The summed E-state index contributed by atoms with van der Waals surface area (Å²) in [6.07, 6.45) is 1.04. The Morgan fingerprint density at radius 3 is 2.58 bits per heavy atom. The highest BCUT2D eigenvalue weighted by Crippen LogP contribution is 2.31. The molecule has 0 bridgehead atoms. The summed E-state index contributed by atoms with van der Waals surface area (Å²) in [4.78, 5) is 15.3. The molecule has 1 aromatic carbocycles. The smallest absolute Gasteiger partial charge is 0.292 e. The molecule has 2 heterocycles. The van der Waals surface area contributed by atoms with Gasteiger partial charge in [0, 0.05) is 43.5 Å². The summed E-state index contributed by atoms with van der Waals surface area (Å²) in [6.45, 7) is 3.64. The highest BCUT2D eigenvalue weighted by Gasteiger charge is 2.35. The van der Waals surface area contributed by atoms with E-state index in [-0.39, 0.29) is 10.6 Å². The maximum absolute atomic E-state index is 11.1. The van der Waals surface area contributed by atoms with E-state index in [2.05, 4.69) is 14.9 Å². The summed E-state index contributed by atoms with van der Waals surface area (Å²) in [5.74, 6) is 0. The number of benzene rings is 1. The first kappa shape index (κ1) is 18.7. The lowest BCUT2D eigenvalue weighted by Crippen LogP contribution is -2.49. The van der Waals surface area contributed by atoms with Crippen LogP contribution in [0.1, 0.15) is 6.42 Å². The molecule has 1 aromatic rings. The molecule has 0 saturated carbocycles. The van der Waals surface area contributed by atoms with Gasteiger partial charge in [0.15, 0.2) is 0 Å². The van der Waals surface area contributed by atoms with Crippen LogP contribution in [0.25, 0.3) is 0 Å². The number of nitro benzene ring substituents is 1. The second-order valence-electron chi connectivity index (χ2n) is 5.75. The van der Waals surface area contributed by atoms with Crippen LogP contribution < -0.4 is 10.0 Å². The van der Waals surface area contributed by atoms with Gasteiger partial charge in [0.1, 0.15) is 5.69 Å². The fourth-order valence-electron chi connectivity index (χ4n) is 2.96. The summed E-state index contributed by atoms with van der Waals surface area (Å²) in [6, 6.07) is 7.83. The third-order valence-electron chi connectivity index (χ3n) is 4.34. The van der Waals surface area contributed by atoms with Crippen molar-refractivity contribution in [1.82, 2.24) is 4.90 Å². The minimum absolute atomic E-state index is 0.181. The number of anilines is 1. The van der Waals surface area contributed by atoms with Crippen molar-refractivity contribution < 1.29 is 18.4 Å². The van der Waals surface area contributed by atoms with Gasteiger partial charge in [-0.1, -0.05) is 12.1 Å². The lowest BCUT2D eigenvalue weighted by Gasteiger charge is -2.35. The van der Waals surface area contributed by atoms with Crippen LogP contribution in [0.5, 0.6) is 0 Å². The van der Waals surface area contributed by atoms with Crippen LogP contribution in [0.2, 0.25) is 0 Å². The fraction of sp³-hybridized carbons (Fsp3) is 0.571. The molecule has 0 radical (unpaired) electrons. The molecule has 0 aromatic heterocycles. The molecule has 2 aliphatic rings. The lowest BCUT2D eigenvalue weighted by atomic mass is 10.2. The molecule has 0 spiro atoms. The second kappa shape index (κ2) is 8.49. The standard InChI is InChI=1S/C14H19N3O3.H3NO2S/c1-15(13-4-2-3-5-14(13)17(18)19)11-6-7-16(8-11)12-9-20-10-12;1-4(2)3/h2-5,11-12H,6-10H2,1H3;1H2,(H,2,3)/p-1/t11-;/m0./s1. The average molecular weight is 357 g/mol. The summed E-state index contributed by atoms with van der Waals surface area (Å²) in [5, 5.41) is 15.1. The molecule has 10 heteroatoms. The van der Waals surface area contributed by atoms with Gasteiger partial charge >= 0.3 is 0 Å². The van der Waals surface area contributed by atoms with Gasteiger partial charge < -0.3 is 14.2 Å². The predicted molar refractivity (Wildman–Crippen MR) is 89.2 cm³/mol. The first-order valence-corrected chi connectivity index (χ1v) is 8.65. The van der Waals surface area contributed by atoms with E-state index in [0.29, 0.717) is 17.8 Å². The molecule has 134 valence electrons. The normalized spacial score (nSPS) is 22.2. The maximum Gasteiger partial charge on any atom is 0.292 e. The Labute approximate surface area is 142 Å². The van der Waals surface area contributed by atoms with Gasteiger partial charge in [0.25, 0.3) is 5.69 Å². The Morgan fingerprint density at radius 1 is 1.42 bits per heavy atom. The number of nitro groups is 1. The molecule has 9 nitrogen and oxygen atoms in total. The summed E-state index contributed by atoms with van der Waals surface area (Å²) in [5.41, 5.74) is 0.884. The first-order chi connectivity index (χ1) is 11.4. The Hall–Kier alpha value is -1.59. The third-order valence-corrected chi connectivity index (χ3v) is 4.34. The van der Waals surface area contributed by atoms with Gasteiger partial charge in [0.05, 0.1) is 24.2 Å². The largest absolute Gasteiger partial charge is 0.760 e. The first-order valence-electron chi connectivity index (χ1n) is 7.52. The van der Waals surface area contributed by atoms with Gasteiger partial charge in [-0.2, -0.15) is 0 Å². The van der Waals surface area contributed by atoms with E-state index in [1.807, 2.05) is 19.2 Å². The van der Waals surface area contributed by atoms with Crippen molar-refractivity contribution in [2.24, 2.45) is 5.14 Å². The van der Waals surface area contributed by atoms with Crippen molar-refractivity contribution in [3.05, 3.63) is 34.4 Å². The Morgan fingerprint density at radius 2 is 2.04 bits per heavy atom. The highest BCUT2D eigenvalue weighted by molar-refractivity contribution is 7.76. The number of nitrogens with two attached hydrogens (primary N) is 1. The number of para-hydroxylation sites is 2. The zero-order valence-electron chi connectivity index (χ0n) is 13.4. The van der Waals surface area contributed by atoms with E-state index in [1.165, 1.54) is 0 Å². The molecule has 3 rings (SSSR count). The number of rotatable bonds is 4. The summed E-state index contributed by atoms with van der Waals surface area (Å²) < 4.78 is 22.8. The van der Waals surface area contributed by atoms with Crippen molar-refractivity contribution in [1.29, 1.82) is 0 Å². The molecule has 24 heavy (non-hydrogen) atoms. The molecule has 1 unspecified atom stereocenters. The number of nitrogens with zero attached hydrogens (tertiary/aromatic N) is 3. The summed E-state index contributed by atoms with van der Waals surface area (Å²) in [7, 11) is 1.95. The van der Waals surface area contributed by atoms with E-state index in [9.17, 15) is 10.1 Å². The van der Waals surface area contributed by atoms with Crippen molar-refractivity contribution in [2.75, 3.05) is 38.3 Å². The highest BCUT2D eigenvalue weighted by atomic mass is 32.2. The minimum atomic E-state index is -2.36. The molecule has 2 saturated heterocycles. The lowest BCUT2D eigenvalue weighted by molar-refractivity contribution is -0.384. The number of likely N-dealkylation sites (N-methyl/N-ethyl adjacent to an activating group) is 1. The Bertz CT molecular complexity index is 594. The molecular formula is C14H21N4O5S-. The van der Waals surface area contributed by atoms with Crippen LogP contribution in [0.15, 0.2) is 24.3 Å². The fourth-order valence-corrected chi connectivity index (χ4v) is 2.96. The third kappa shape index (κ3) is 4.71. The molecule has 2 aliphatic heterocycles. The molecular weight excluding hydrogens is 336 g/mol. The zero-order chi connectivity index (χ0) is 17.7.